The fourth-order valence-electron chi connectivity index (χ4n) is 4.42. The Kier molecular flexibility index (Phi) is 6.88. The van der Waals surface area contributed by atoms with Crippen LogP contribution in [0.5, 0.6) is 0 Å². The van der Waals surface area contributed by atoms with Crippen molar-refractivity contribution in [3.8, 4) is 11.1 Å². The molecule has 1 aliphatic carbocycles. The third kappa shape index (κ3) is 5.13. The fourth-order valence-corrected chi connectivity index (χ4v) is 5.18. The van der Waals surface area contributed by atoms with Crippen molar-refractivity contribution in [1.82, 2.24) is 10.4 Å². The first-order valence-corrected chi connectivity index (χ1v) is 13.0. The zero-order valence-electron chi connectivity index (χ0n) is 19.1. The Morgan fingerprint density at radius 3 is 2.42 bits per heavy atom. The van der Waals surface area contributed by atoms with Gasteiger partial charge in [0.15, 0.2) is 0 Å². The molecular formula is C25H31N3O4S. The molecule has 2 aliphatic rings. The molecule has 0 saturated heterocycles. The number of nitrogens with one attached hydrogen (secondary N) is 1. The minimum Gasteiger partial charge on any atom is -0.463 e. The van der Waals surface area contributed by atoms with Crippen molar-refractivity contribution in [3.63, 3.8) is 0 Å². The second-order valence-electron chi connectivity index (χ2n) is 8.59. The van der Waals surface area contributed by atoms with Gasteiger partial charge in [-0.05, 0) is 49.3 Å². The van der Waals surface area contributed by atoms with Gasteiger partial charge in [-0.3, -0.25) is 0 Å². The predicted octanol–water partition coefficient (Wildman–Crippen LogP) is 3.37. The number of nitrogens with two attached hydrogens (primary N) is 1. The average molecular weight is 470 g/mol. The first kappa shape index (κ1) is 23.5. The van der Waals surface area contributed by atoms with E-state index in [-0.39, 0.29) is 16.9 Å². The van der Waals surface area contributed by atoms with Crippen LogP contribution in [0.1, 0.15) is 38.7 Å². The summed E-state index contributed by atoms with van der Waals surface area (Å²) in [5.74, 6) is 0.229. The number of hydrogen-bond acceptors (Lipinski definition) is 6. The van der Waals surface area contributed by atoms with Gasteiger partial charge >= 0.3 is 5.97 Å². The molecule has 4 rings (SSSR count). The monoisotopic (exact) mass is 469 g/mol. The number of allylic oxidation sites excluding steroid dienone is 1. The lowest BCUT2D eigenvalue weighted by Gasteiger charge is -2.23. The SMILES string of the molecule is CCCN1NC(C2CC2)C(C(=O)OCC)=C1Cc1ccc(-c2ccccc2S(N)(=O)=O)cc1. The molecule has 2 aromatic rings. The topological polar surface area (TPSA) is 102 Å². The molecule has 7 nitrogen and oxygen atoms in total. The summed E-state index contributed by atoms with van der Waals surface area (Å²) >= 11 is 0. The normalized spacial score (nSPS) is 18.6. The van der Waals surface area contributed by atoms with E-state index >= 15 is 0 Å². The van der Waals surface area contributed by atoms with Gasteiger partial charge in [-0.2, -0.15) is 0 Å². The summed E-state index contributed by atoms with van der Waals surface area (Å²) < 4.78 is 29.4. The van der Waals surface area contributed by atoms with Gasteiger partial charge in [0.25, 0.3) is 0 Å². The van der Waals surface area contributed by atoms with E-state index in [2.05, 4.69) is 17.4 Å². The van der Waals surface area contributed by atoms with Crippen molar-refractivity contribution >= 4 is 16.0 Å². The molecule has 33 heavy (non-hydrogen) atoms. The third-order valence-corrected chi connectivity index (χ3v) is 7.08. The largest absolute Gasteiger partial charge is 0.463 e. The Bertz CT molecular complexity index is 1150. The Balaban J connectivity index is 1.66. The van der Waals surface area contributed by atoms with Gasteiger partial charge in [-0.15, -0.1) is 0 Å². The summed E-state index contributed by atoms with van der Waals surface area (Å²) in [6, 6.07) is 14.5. The maximum atomic E-state index is 12.9. The van der Waals surface area contributed by atoms with Gasteiger partial charge in [0.05, 0.1) is 23.1 Å². The number of esters is 1. The van der Waals surface area contributed by atoms with Gasteiger partial charge in [0, 0.05) is 24.2 Å². The van der Waals surface area contributed by atoms with Crippen LogP contribution < -0.4 is 10.6 Å². The van der Waals surface area contributed by atoms with Gasteiger partial charge in [0.1, 0.15) is 0 Å². The lowest BCUT2D eigenvalue weighted by atomic mass is 9.97. The molecule has 1 saturated carbocycles. The molecule has 2 aromatic carbocycles. The van der Waals surface area contributed by atoms with Crippen LogP contribution in [0, 0.1) is 5.92 Å². The van der Waals surface area contributed by atoms with E-state index in [4.69, 9.17) is 9.88 Å². The zero-order chi connectivity index (χ0) is 23.6. The number of hydrogen-bond donors (Lipinski definition) is 2. The molecule has 8 heteroatoms. The second-order valence-corrected chi connectivity index (χ2v) is 10.1. The van der Waals surface area contributed by atoms with Crippen molar-refractivity contribution in [2.24, 2.45) is 11.1 Å². The molecule has 0 aromatic heterocycles. The molecule has 0 amide bonds. The number of hydrazine groups is 1. The zero-order valence-corrected chi connectivity index (χ0v) is 19.9. The number of benzene rings is 2. The van der Waals surface area contributed by atoms with Crippen molar-refractivity contribution < 1.29 is 17.9 Å². The van der Waals surface area contributed by atoms with Crippen LogP contribution in [-0.4, -0.2) is 38.6 Å². The quantitative estimate of drug-likeness (QED) is 0.546. The van der Waals surface area contributed by atoms with Gasteiger partial charge in [-0.1, -0.05) is 49.4 Å². The first-order chi connectivity index (χ1) is 15.8. The molecule has 1 unspecified atom stereocenters. The molecule has 1 heterocycles. The number of carbonyl (C=O) groups excluding carboxylic acids is 1. The van der Waals surface area contributed by atoms with Crippen molar-refractivity contribution in [3.05, 3.63) is 65.4 Å². The molecule has 1 fully saturated rings. The van der Waals surface area contributed by atoms with Crippen LogP contribution in [0.2, 0.25) is 0 Å². The number of carbonyl (C=O) groups is 1. The first-order valence-electron chi connectivity index (χ1n) is 11.5. The molecule has 1 aliphatic heterocycles. The molecule has 0 bridgehead atoms. The van der Waals surface area contributed by atoms with E-state index in [0.29, 0.717) is 24.5 Å². The minimum absolute atomic E-state index is 0.00603. The Labute approximate surface area is 195 Å². The summed E-state index contributed by atoms with van der Waals surface area (Å²) in [5, 5.41) is 7.51. The fraction of sp³-hybridized carbons (Fsp3) is 0.400. The van der Waals surface area contributed by atoms with E-state index in [1.165, 1.54) is 6.07 Å². The number of rotatable bonds is 9. The van der Waals surface area contributed by atoms with Gasteiger partial charge in [-0.25, -0.2) is 23.8 Å². The van der Waals surface area contributed by atoms with E-state index < -0.39 is 10.0 Å². The van der Waals surface area contributed by atoms with E-state index in [0.717, 1.165) is 48.2 Å². The van der Waals surface area contributed by atoms with Crippen LogP contribution in [0.3, 0.4) is 0 Å². The van der Waals surface area contributed by atoms with Gasteiger partial charge in [0.2, 0.25) is 10.0 Å². The Hall–Kier alpha value is -2.68. The van der Waals surface area contributed by atoms with Crippen LogP contribution in [-0.2, 0) is 26.0 Å². The average Bonchev–Trinajstić information content (AvgIpc) is 3.57. The molecular weight excluding hydrogens is 438 g/mol. The molecule has 3 N–H and O–H groups in total. The second kappa shape index (κ2) is 9.67. The highest BCUT2D eigenvalue weighted by atomic mass is 32.2. The van der Waals surface area contributed by atoms with Crippen LogP contribution in [0.4, 0.5) is 0 Å². The number of sulfonamides is 1. The van der Waals surface area contributed by atoms with E-state index in [1.807, 2.05) is 31.2 Å². The van der Waals surface area contributed by atoms with Crippen molar-refractivity contribution in [2.75, 3.05) is 13.2 Å². The van der Waals surface area contributed by atoms with Crippen molar-refractivity contribution in [2.45, 2.75) is 50.5 Å². The highest BCUT2D eigenvalue weighted by Crippen LogP contribution is 2.41. The molecule has 0 radical (unpaired) electrons. The van der Waals surface area contributed by atoms with Crippen LogP contribution in [0.25, 0.3) is 11.1 Å². The highest BCUT2D eigenvalue weighted by Gasteiger charge is 2.44. The molecule has 1 atom stereocenters. The standard InChI is InChI=1S/C25H31N3O4S/c1-3-15-28-21(23(25(29)32-4-2)24(27-28)19-13-14-19)16-17-9-11-18(12-10-17)20-7-5-6-8-22(20)33(26,30)31/h5-12,19,24,27H,3-4,13-16H2,1-2H3,(H2,26,30,31). The van der Waals surface area contributed by atoms with E-state index in [9.17, 15) is 13.2 Å². The van der Waals surface area contributed by atoms with Gasteiger partial charge < -0.3 is 9.75 Å². The number of primary sulfonamides is 1. The Morgan fingerprint density at radius 2 is 1.82 bits per heavy atom. The lowest BCUT2D eigenvalue weighted by Crippen LogP contribution is -2.40. The summed E-state index contributed by atoms with van der Waals surface area (Å²) in [6.07, 6.45) is 3.77. The maximum Gasteiger partial charge on any atom is 0.337 e. The van der Waals surface area contributed by atoms with Crippen LogP contribution in [0.15, 0.2) is 64.7 Å². The summed E-state index contributed by atoms with van der Waals surface area (Å²) in [5.41, 5.74) is 7.64. The predicted molar refractivity (Wildman–Crippen MR) is 127 cm³/mol. The minimum atomic E-state index is -3.83. The lowest BCUT2D eigenvalue weighted by molar-refractivity contribution is -0.138. The van der Waals surface area contributed by atoms with Crippen molar-refractivity contribution in [1.29, 1.82) is 0 Å². The summed E-state index contributed by atoms with van der Waals surface area (Å²) in [4.78, 5) is 13.0. The highest BCUT2D eigenvalue weighted by molar-refractivity contribution is 7.89. The molecule has 0 spiro atoms. The third-order valence-electron chi connectivity index (χ3n) is 6.11. The van der Waals surface area contributed by atoms with Crippen LogP contribution >= 0.6 is 0 Å². The number of ether oxygens (including phenoxy) is 1. The summed E-state index contributed by atoms with van der Waals surface area (Å²) in [7, 11) is -3.83. The Morgan fingerprint density at radius 1 is 1.12 bits per heavy atom. The van der Waals surface area contributed by atoms with E-state index in [1.54, 1.807) is 18.2 Å². The maximum absolute atomic E-state index is 12.9. The number of nitrogens with zero attached hydrogens (tertiary/aromatic N) is 1. The smallest absolute Gasteiger partial charge is 0.337 e. The molecule has 176 valence electrons. The summed E-state index contributed by atoms with van der Waals surface area (Å²) in [6.45, 7) is 5.10.